The summed E-state index contributed by atoms with van der Waals surface area (Å²) in [6, 6.07) is 5.58. The number of hydrazine groups is 1. The second kappa shape index (κ2) is 8.52. The molecule has 3 N–H and O–H groups in total. The molecule has 1 fully saturated rings. The van der Waals surface area contributed by atoms with Crippen LogP contribution in [0, 0.1) is 0 Å². The summed E-state index contributed by atoms with van der Waals surface area (Å²) in [5.74, 6) is -3.17. The number of carbonyl (C=O) groups excluding carboxylic acids is 3. The Hall–Kier alpha value is -2.82. The van der Waals surface area contributed by atoms with E-state index < -0.39 is 18.0 Å². The number of nitrogens with zero attached hydrogens (tertiary/aromatic N) is 1. The summed E-state index contributed by atoms with van der Waals surface area (Å²) in [5.41, 5.74) is 3.70. The predicted molar refractivity (Wildman–Crippen MR) is 82.7 cm³/mol. The maximum Gasteiger partial charge on any atom is 0.472 e. The average molecular weight is 374 g/mol. The van der Waals surface area contributed by atoms with Crippen LogP contribution in [0.5, 0.6) is 0 Å². The average Bonchev–Trinajstić information content (AvgIpc) is 2.64. The SMILES string of the molecule is O=C(NNC(=O)C(F)(F)F)c1ccc(CNC(=O)N2CCOCC2)cc1. The maximum atomic E-state index is 12.0. The third-order valence-corrected chi connectivity index (χ3v) is 3.51. The quantitative estimate of drug-likeness (QED) is 0.673. The van der Waals surface area contributed by atoms with Crippen molar-refractivity contribution in [3.05, 3.63) is 35.4 Å². The van der Waals surface area contributed by atoms with Crippen LogP contribution in [-0.2, 0) is 16.1 Å². The highest BCUT2D eigenvalue weighted by Crippen LogP contribution is 2.13. The zero-order chi connectivity index (χ0) is 19.2. The smallest absolute Gasteiger partial charge is 0.378 e. The number of alkyl halides is 3. The van der Waals surface area contributed by atoms with E-state index in [1.54, 1.807) is 22.5 Å². The molecular weight excluding hydrogens is 357 g/mol. The summed E-state index contributed by atoms with van der Waals surface area (Å²) in [6.07, 6.45) is -5.09. The molecule has 1 heterocycles. The van der Waals surface area contributed by atoms with Gasteiger partial charge in [0.2, 0.25) is 0 Å². The van der Waals surface area contributed by atoms with Gasteiger partial charge in [-0.05, 0) is 17.7 Å². The van der Waals surface area contributed by atoms with Gasteiger partial charge in [0.15, 0.2) is 0 Å². The van der Waals surface area contributed by atoms with Crippen LogP contribution >= 0.6 is 0 Å². The maximum absolute atomic E-state index is 12.0. The minimum absolute atomic E-state index is 0.0516. The van der Waals surface area contributed by atoms with Crippen molar-refractivity contribution in [2.75, 3.05) is 26.3 Å². The van der Waals surface area contributed by atoms with Crippen LogP contribution in [0.1, 0.15) is 15.9 Å². The van der Waals surface area contributed by atoms with Gasteiger partial charge >= 0.3 is 18.1 Å². The number of rotatable bonds is 3. The summed E-state index contributed by atoms with van der Waals surface area (Å²) < 4.78 is 41.2. The number of carbonyl (C=O) groups is 3. The number of hydrogen-bond donors (Lipinski definition) is 3. The molecule has 0 radical (unpaired) electrons. The summed E-state index contributed by atoms with van der Waals surface area (Å²) in [4.78, 5) is 35.9. The van der Waals surface area contributed by atoms with E-state index in [0.29, 0.717) is 31.9 Å². The van der Waals surface area contributed by atoms with Crippen molar-refractivity contribution in [2.24, 2.45) is 0 Å². The third-order valence-electron chi connectivity index (χ3n) is 3.51. The predicted octanol–water partition coefficient (Wildman–Crippen LogP) is 0.552. The molecule has 142 valence electrons. The number of amides is 4. The first kappa shape index (κ1) is 19.5. The van der Waals surface area contributed by atoms with Crippen LogP contribution in [0.15, 0.2) is 24.3 Å². The van der Waals surface area contributed by atoms with E-state index in [1.807, 2.05) is 0 Å². The largest absolute Gasteiger partial charge is 0.472 e. The summed E-state index contributed by atoms with van der Waals surface area (Å²) >= 11 is 0. The van der Waals surface area contributed by atoms with E-state index in [1.165, 1.54) is 17.6 Å². The van der Waals surface area contributed by atoms with Gasteiger partial charge in [-0.15, -0.1) is 0 Å². The molecule has 0 unspecified atom stereocenters. The van der Waals surface area contributed by atoms with Crippen LogP contribution in [0.4, 0.5) is 18.0 Å². The van der Waals surface area contributed by atoms with Crippen LogP contribution in [0.25, 0.3) is 0 Å². The van der Waals surface area contributed by atoms with Crippen LogP contribution in [0.2, 0.25) is 0 Å². The third kappa shape index (κ3) is 5.62. The molecule has 1 aliphatic heterocycles. The van der Waals surface area contributed by atoms with Gasteiger partial charge in [0, 0.05) is 25.2 Å². The first-order valence-corrected chi connectivity index (χ1v) is 7.64. The van der Waals surface area contributed by atoms with Gasteiger partial charge in [-0.1, -0.05) is 12.1 Å². The van der Waals surface area contributed by atoms with Gasteiger partial charge in [-0.25, -0.2) is 4.79 Å². The van der Waals surface area contributed by atoms with Crippen molar-refractivity contribution in [1.82, 2.24) is 21.1 Å². The number of ether oxygens (including phenoxy) is 1. The van der Waals surface area contributed by atoms with Crippen molar-refractivity contribution in [3.63, 3.8) is 0 Å². The highest BCUT2D eigenvalue weighted by atomic mass is 19.4. The van der Waals surface area contributed by atoms with Crippen LogP contribution in [-0.4, -0.2) is 55.2 Å². The van der Waals surface area contributed by atoms with E-state index in [-0.39, 0.29) is 18.1 Å². The number of nitrogens with one attached hydrogen (secondary N) is 3. The Balaban J connectivity index is 1.80. The fourth-order valence-corrected chi connectivity index (χ4v) is 2.09. The molecule has 1 saturated heterocycles. The molecule has 4 amide bonds. The molecule has 0 bridgehead atoms. The van der Waals surface area contributed by atoms with Gasteiger partial charge in [-0.2, -0.15) is 13.2 Å². The first-order valence-electron chi connectivity index (χ1n) is 7.64. The minimum atomic E-state index is -5.09. The minimum Gasteiger partial charge on any atom is -0.378 e. The highest BCUT2D eigenvalue weighted by Gasteiger charge is 2.38. The second-order valence-electron chi connectivity index (χ2n) is 5.36. The standard InChI is InChI=1S/C15H17F3N4O4/c16-15(17,18)13(24)21-20-12(23)11-3-1-10(2-4-11)9-19-14(25)22-5-7-26-8-6-22/h1-4H,5-9H2,(H,19,25)(H,20,23)(H,21,24). The van der Waals surface area contributed by atoms with Crippen LogP contribution in [0.3, 0.4) is 0 Å². The zero-order valence-corrected chi connectivity index (χ0v) is 13.6. The first-order chi connectivity index (χ1) is 12.3. The molecule has 1 aromatic rings. The normalized spacial score (nSPS) is 14.5. The molecule has 0 spiro atoms. The topological polar surface area (TPSA) is 99.8 Å². The zero-order valence-electron chi connectivity index (χ0n) is 13.6. The number of hydrogen-bond acceptors (Lipinski definition) is 4. The van der Waals surface area contributed by atoms with Gasteiger partial charge in [0.05, 0.1) is 13.2 Å². The molecule has 0 atom stereocenters. The van der Waals surface area contributed by atoms with Gasteiger partial charge < -0.3 is 15.0 Å². The number of morpholine rings is 1. The van der Waals surface area contributed by atoms with Crippen LogP contribution < -0.4 is 16.2 Å². The fourth-order valence-electron chi connectivity index (χ4n) is 2.09. The van der Waals surface area contributed by atoms with E-state index >= 15 is 0 Å². The molecule has 1 aliphatic rings. The Morgan fingerprint density at radius 1 is 1.04 bits per heavy atom. The van der Waals surface area contributed by atoms with Gasteiger partial charge in [0.25, 0.3) is 5.91 Å². The lowest BCUT2D eigenvalue weighted by atomic mass is 10.1. The number of benzene rings is 1. The number of urea groups is 1. The van der Waals surface area contributed by atoms with E-state index in [2.05, 4.69) is 5.32 Å². The Bertz CT molecular complexity index is 658. The Morgan fingerprint density at radius 2 is 1.65 bits per heavy atom. The molecule has 0 saturated carbocycles. The van der Waals surface area contributed by atoms with Crippen molar-refractivity contribution < 1.29 is 32.3 Å². The Morgan fingerprint density at radius 3 is 2.23 bits per heavy atom. The van der Waals surface area contributed by atoms with Crippen molar-refractivity contribution in [3.8, 4) is 0 Å². The summed E-state index contributed by atoms with van der Waals surface area (Å²) in [7, 11) is 0. The van der Waals surface area contributed by atoms with Gasteiger partial charge in [-0.3, -0.25) is 20.4 Å². The molecule has 0 aliphatic carbocycles. The molecular formula is C15H17F3N4O4. The fraction of sp³-hybridized carbons (Fsp3) is 0.400. The lowest BCUT2D eigenvalue weighted by molar-refractivity contribution is -0.174. The second-order valence-corrected chi connectivity index (χ2v) is 5.36. The molecule has 26 heavy (non-hydrogen) atoms. The van der Waals surface area contributed by atoms with Crippen molar-refractivity contribution in [1.29, 1.82) is 0 Å². The molecule has 0 aromatic heterocycles. The Labute approximate surface area is 146 Å². The van der Waals surface area contributed by atoms with Crippen molar-refractivity contribution >= 4 is 17.8 Å². The molecule has 2 rings (SSSR count). The van der Waals surface area contributed by atoms with E-state index in [0.717, 1.165) is 0 Å². The summed E-state index contributed by atoms with van der Waals surface area (Å²) in [6.45, 7) is 2.22. The van der Waals surface area contributed by atoms with E-state index in [9.17, 15) is 27.6 Å². The molecule has 11 heteroatoms. The van der Waals surface area contributed by atoms with Gasteiger partial charge in [0.1, 0.15) is 0 Å². The lowest BCUT2D eigenvalue weighted by Crippen LogP contribution is -2.47. The molecule has 8 nitrogen and oxygen atoms in total. The Kier molecular flexibility index (Phi) is 6.39. The van der Waals surface area contributed by atoms with E-state index in [4.69, 9.17) is 4.74 Å². The lowest BCUT2D eigenvalue weighted by Gasteiger charge is -2.26. The highest BCUT2D eigenvalue weighted by molar-refractivity contribution is 5.95. The monoisotopic (exact) mass is 374 g/mol. The number of halogens is 3. The molecule has 1 aromatic carbocycles. The summed E-state index contributed by atoms with van der Waals surface area (Å²) in [5, 5.41) is 2.72. The van der Waals surface area contributed by atoms with Crippen molar-refractivity contribution in [2.45, 2.75) is 12.7 Å².